The highest BCUT2D eigenvalue weighted by molar-refractivity contribution is 7.18. The van der Waals surface area contributed by atoms with Crippen molar-refractivity contribution in [3.05, 3.63) is 54.5 Å². The minimum atomic E-state index is 0.605. The first-order valence-electron chi connectivity index (χ1n) is 8.18. The van der Waals surface area contributed by atoms with Crippen LogP contribution in [-0.4, -0.2) is 14.8 Å². The summed E-state index contributed by atoms with van der Waals surface area (Å²) in [6, 6.07) is 13.1. The average molecular weight is 324 g/mol. The van der Waals surface area contributed by atoms with E-state index in [0.29, 0.717) is 6.04 Å². The molecule has 1 N–H and O–H groups in total. The highest BCUT2D eigenvalue weighted by atomic mass is 32.1. The van der Waals surface area contributed by atoms with E-state index in [1.165, 1.54) is 36.1 Å². The number of hydrogen-bond acceptors (Lipinski definition) is 4. The van der Waals surface area contributed by atoms with Crippen molar-refractivity contribution in [1.29, 1.82) is 0 Å². The third kappa shape index (κ3) is 3.29. The van der Waals surface area contributed by atoms with E-state index in [1.807, 2.05) is 12.3 Å². The maximum atomic E-state index is 4.70. The van der Waals surface area contributed by atoms with Gasteiger partial charge < -0.3 is 5.32 Å². The average Bonchev–Trinajstić information content (AvgIpc) is 3.33. The molecule has 0 saturated heterocycles. The van der Waals surface area contributed by atoms with Crippen molar-refractivity contribution in [3.8, 4) is 10.4 Å². The van der Waals surface area contributed by atoms with Gasteiger partial charge in [-0.3, -0.25) is 4.68 Å². The van der Waals surface area contributed by atoms with Crippen LogP contribution in [0, 0.1) is 0 Å². The zero-order valence-electron chi connectivity index (χ0n) is 13.0. The Balaban J connectivity index is 1.39. The van der Waals surface area contributed by atoms with Gasteiger partial charge in [0, 0.05) is 12.4 Å². The molecule has 0 atom stereocenters. The zero-order chi connectivity index (χ0) is 15.5. The smallest absolute Gasteiger partial charge is 0.183 e. The molecule has 1 aromatic carbocycles. The first-order valence-corrected chi connectivity index (χ1v) is 8.99. The van der Waals surface area contributed by atoms with Crippen molar-refractivity contribution in [2.45, 2.75) is 38.3 Å². The zero-order valence-corrected chi connectivity index (χ0v) is 13.8. The fourth-order valence-corrected chi connectivity index (χ4v) is 3.92. The largest absolute Gasteiger partial charge is 0.356 e. The Morgan fingerprint density at radius 2 is 1.96 bits per heavy atom. The summed E-state index contributed by atoms with van der Waals surface area (Å²) in [4.78, 5) is 5.65. The number of aromatic nitrogens is 3. The van der Waals surface area contributed by atoms with Crippen molar-refractivity contribution in [2.24, 2.45) is 0 Å². The van der Waals surface area contributed by atoms with Crippen molar-refractivity contribution in [2.75, 3.05) is 5.32 Å². The van der Waals surface area contributed by atoms with Crippen LogP contribution in [0.4, 0.5) is 5.13 Å². The predicted molar refractivity (Wildman–Crippen MR) is 94.6 cm³/mol. The molecule has 0 unspecified atom stereocenters. The molecular weight excluding hydrogens is 304 g/mol. The van der Waals surface area contributed by atoms with Gasteiger partial charge in [0.25, 0.3) is 0 Å². The lowest BCUT2D eigenvalue weighted by Gasteiger charge is -2.08. The lowest BCUT2D eigenvalue weighted by molar-refractivity contribution is 0.463. The summed E-state index contributed by atoms with van der Waals surface area (Å²) in [5, 5.41) is 9.03. The fourth-order valence-electron chi connectivity index (χ4n) is 3.10. The van der Waals surface area contributed by atoms with Gasteiger partial charge in [-0.25, -0.2) is 4.98 Å². The van der Waals surface area contributed by atoms with Crippen LogP contribution in [0.5, 0.6) is 0 Å². The molecule has 4 nitrogen and oxygen atoms in total. The van der Waals surface area contributed by atoms with E-state index in [2.05, 4.69) is 51.5 Å². The molecule has 1 aliphatic rings. The molecular formula is C18H20N4S. The third-order valence-corrected chi connectivity index (χ3v) is 5.35. The van der Waals surface area contributed by atoms with Crippen LogP contribution in [-0.2, 0) is 6.54 Å². The molecule has 0 bridgehead atoms. The van der Waals surface area contributed by atoms with Crippen LogP contribution in [0.15, 0.2) is 48.8 Å². The quantitative estimate of drug-likeness (QED) is 0.737. The van der Waals surface area contributed by atoms with Crippen LogP contribution in [0.1, 0.15) is 37.4 Å². The van der Waals surface area contributed by atoms with Crippen LogP contribution >= 0.6 is 11.3 Å². The van der Waals surface area contributed by atoms with E-state index in [-0.39, 0.29) is 0 Å². The number of hydrogen-bond donors (Lipinski definition) is 1. The second-order valence-corrected chi connectivity index (χ2v) is 7.01. The fraction of sp³-hybridized carbons (Fsp3) is 0.333. The Hall–Kier alpha value is -2.14. The molecule has 2 aromatic heterocycles. The second kappa shape index (κ2) is 6.54. The van der Waals surface area contributed by atoms with E-state index in [0.717, 1.165) is 17.4 Å². The maximum Gasteiger partial charge on any atom is 0.183 e. The predicted octanol–water partition coefficient (Wildman–Crippen LogP) is 4.73. The van der Waals surface area contributed by atoms with Gasteiger partial charge in [-0.1, -0.05) is 54.5 Å². The SMILES string of the molecule is c1ccc(-c2cnc(NCc3ccn(C4CCCC4)n3)s2)cc1. The van der Waals surface area contributed by atoms with Crippen molar-refractivity contribution >= 4 is 16.5 Å². The molecule has 4 rings (SSSR count). The summed E-state index contributed by atoms with van der Waals surface area (Å²) in [5.74, 6) is 0. The van der Waals surface area contributed by atoms with Crippen LogP contribution in [0.2, 0.25) is 0 Å². The summed E-state index contributed by atoms with van der Waals surface area (Å²) in [6.45, 7) is 0.724. The summed E-state index contributed by atoms with van der Waals surface area (Å²) < 4.78 is 2.14. The molecule has 1 fully saturated rings. The summed E-state index contributed by atoms with van der Waals surface area (Å²) in [7, 11) is 0. The molecule has 118 valence electrons. The Bertz CT molecular complexity index is 756. The third-order valence-electron chi connectivity index (χ3n) is 4.35. The number of benzene rings is 1. The van der Waals surface area contributed by atoms with Crippen molar-refractivity contribution < 1.29 is 0 Å². The van der Waals surface area contributed by atoms with E-state index < -0.39 is 0 Å². The molecule has 5 heteroatoms. The Labute approximate surface area is 140 Å². The number of anilines is 1. The summed E-state index contributed by atoms with van der Waals surface area (Å²) in [5.41, 5.74) is 2.29. The lowest BCUT2D eigenvalue weighted by Crippen LogP contribution is -2.07. The Morgan fingerprint density at radius 3 is 2.78 bits per heavy atom. The van der Waals surface area contributed by atoms with Crippen LogP contribution in [0.3, 0.4) is 0 Å². The van der Waals surface area contributed by atoms with E-state index >= 15 is 0 Å². The van der Waals surface area contributed by atoms with Crippen LogP contribution < -0.4 is 5.32 Å². The second-order valence-electron chi connectivity index (χ2n) is 5.97. The summed E-state index contributed by atoms with van der Waals surface area (Å²) in [6.07, 6.45) is 9.24. The minimum absolute atomic E-state index is 0.605. The van der Waals surface area contributed by atoms with Gasteiger partial charge in [0.1, 0.15) is 0 Å². The van der Waals surface area contributed by atoms with Crippen molar-refractivity contribution in [1.82, 2.24) is 14.8 Å². The Kier molecular flexibility index (Phi) is 4.11. The van der Waals surface area contributed by atoms with E-state index in [4.69, 9.17) is 5.10 Å². The van der Waals surface area contributed by atoms with Gasteiger partial charge in [0.2, 0.25) is 0 Å². The molecule has 0 radical (unpaired) electrons. The standard InChI is InChI=1S/C18H20N4S/c1-2-6-14(7-3-1)17-13-20-18(23-17)19-12-15-10-11-22(21-15)16-8-4-5-9-16/h1-3,6-7,10-11,13,16H,4-5,8-9,12H2,(H,19,20). The monoisotopic (exact) mass is 324 g/mol. The number of nitrogens with one attached hydrogen (secondary N) is 1. The first kappa shape index (κ1) is 14.5. The van der Waals surface area contributed by atoms with Gasteiger partial charge >= 0.3 is 0 Å². The molecule has 0 aliphatic heterocycles. The molecule has 0 amide bonds. The topological polar surface area (TPSA) is 42.7 Å². The van der Waals surface area contributed by atoms with Crippen LogP contribution in [0.25, 0.3) is 10.4 Å². The normalized spacial score (nSPS) is 15.1. The van der Waals surface area contributed by atoms with Gasteiger partial charge in [0.05, 0.1) is 23.2 Å². The Morgan fingerprint density at radius 1 is 1.13 bits per heavy atom. The first-order chi connectivity index (χ1) is 11.4. The van der Waals surface area contributed by atoms with Gasteiger partial charge in [0.15, 0.2) is 5.13 Å². The maximum absolute atomic E-state index is 4.70. The van der Waals surface area contributed by atoms with E-state index in [1.54, 1.807) is 11.3 Å². The molecule has 1 saturated carbocycles. The number of thiazole rings is 1. The molecule has 0 spiro atoms. The molecule has 23 heavy (non-hydrogen) atoms. The highest BCUT2D eigenvalue weighted by Crippen LogP contribution is 2.30. The van der Waals surface area contributed by atoms with Crippen molar-refractivity contribution in [3.63, 3.8) is 0 Å². The number of nitrogens with zero attached hydrogens (tertiary/aromatic N) is 3. The van der Waals surface area contributed by atoms with Gasteiger partial charge in [-0.15, -0.1) is 0 Å². The van der Waals surface area contributed by atoms with Gasteiger partial charge in [-0.2, -0.15) is 5.10 Å². The lowest BCUT2D eigenvalue weighted by atomic mass is 10.2. The molecule has 2 heterocycles. The number of rotatable bonds is 5. The minimum Gasteiger partial charge on any atom is -0.356 e. The molecule has 1 aliphatic carbocycles. The van der Waals surface area contributed by atoms with E-state index in [9.17, 15) is 0 Å². The highest BCUT2D eigenvalue weighted by Gasteiger charge is 2.17. The molecule has 3 aromatic rings. The van der Waals surface area contributed by atoms with Gasteiger partial charge in [-0.05, 0) is 24.5 Å². The summed E-state index contributed by atoms with van der Waals surface area (Å²) >= 11 is 1.68.